The molecule has 0 radical (unpaired) electrons. The van der Waals surface area contributed by atoms with Crippen molar-refractivity contribution in [1.29, 1.82) is 0 Å². The monoisotopic (exact) mass is 326 g/mol. The largest absolute Gasteiger partial charge is 0.444 e. The molecule has 3 heterocycles. The summed E-state index contributed by atoms with van der Waals surface area (Å²) in [4.78, 5) is 16.7. The third-order valence-corrected chi connectivity index (χ3v) is 4.91. The van der Waals surface area contributed by atoms with E-state index in [1.54, 1.807) is 0 Å². The van der Waals surface area contributed by atoms with Gasteiger partial charge in [0.15, 0.2) is 5.79 Å². The average molecular weight is 326 g/mol. The molecule has 0 aromatic rings. The second-order valence-corrected chi connectivity index (χ2v) is 7.88. The van der Waals surface area contributed by atoms with Crippen LogP contribution in [0.5, 0.6) is 0 Å². The lowest BCUT2D eigenvalue weighted by Crippen LogP contribution is -2.50. The molecule has 0 N–H and O–H groups in total. The van der Waals surface area contributed by atoms with Crippen LogP contribution in [0.1, 0.15) is 46.5 Å². The molecule has 3 rings (SSSR count). The minimum atomic E-state index is -0.432. The molecule has 3 aliphatic heterocycles. The van der Waals surface area contributed by atoms with Crippen LogP contribution in [0, 0.1) is 0 Å². The molecule has 1 amide bonds. The Bertz CT molecular complexity index is 419. The van der Waals surface area contributed by atoms with Crippen molar-refractivity contribution in [2.75, 3.05) is 39.4 Å². The third-order valence-electron chi connectivity index (χ3n) is 4.91. The van der Waals surface area contributed by atoms with Gasteiger partial charge in [-0.05, 0) is 33.6 Å². The van der Waals surface area contributed by atoms with E-state index in [0.29, 0.717) is 0 Å². The molecule has 0 saturated carbocycles. The number of nitrogens with zero attached hydrogens (tertiary/aromatic N) is 2. The van der Waals surface area contributed by atoms with E-state index in [0.717, 1.165) is 65.1 Å². The summed E-state index contributed by atoms with van der Waals surface area (Å²) in [5, 5.41) is 0. The van der Waals surface area contributed by atoms with Gasteiger partial charge in [0.2, 0.25) is 0 Å². The minimum Gasteiger partial charge on any atom is -0.444 e. The Balaban J connectivity index is 1.50. The molecule has 1 spiro atoms. The molecule has 0 aromatic carbocycles. The second kappa shape index (κ2) is 6.57. The molecule has 23 heavy (non-hydrogen) atoms. The highest BCUT2D eigenvalue weighted by Crippen LogP contribution is 2.32. The zero-order chi connectivity index (χ0) is 16.5. The van der Waals surface area contributed by atoms with Crippen LogP contribution in [0.15, 0.2) is 0 Å². The molecule has 3 fully saturated rings. The van der Waals surface area contributed by atoms with E-state index in [2.05, 4.69) is 4.90 Å². The molecule has 0 bridgehead atoms. The van der Waals surface area contributed by atoms with Crippen LogP contribution in [0.4, 0.5) is 4.79 Å². The van der Waals surface area contributed by atoms with Gasteiger partial charge >= 0.3 is 6.09 Å². The number of ether oxygens (including phenoxy) is 3. The van der Waals surface area contributed by atoms with E-state index in [4.69, 9.17) is 14.2 Å². The summed E-state index contributed by atoms with van der Waals surface area (Å²) in [7, 11) is 0. The summed E-state index contributed by atoms with van der Waals surface area (Å²) in [5.41, 5.74) is -0.432. The fourth-order valence-corrected chi connectivity index (χ4v) is 3.75. The van der Waals surface area contributed by atoms with Crippen molar-refractivity contribution >= 4 is 6.09 Å². The van der Waals surface area contributed by atoms with E-state index in [-0.39, 0.29) is 17.9 Å². The Morgan fingerprint density at radius 2 is 1.83 bits per heavy atom. The number of hydrogen-bond donors (Lipinski definition) is 0. The van der Waals surface area contributed by atoms with Crippen LogP contribution in [0.3, 0.4) is 0 Å². The number of piperidine rings is 1. The third kappa shape index (κ3) is 4.17. The highest BCUT2D eigenvalue weighted by molar-refractivity contribution is 5.69. The Kier molecular flexibility index (Phi) is 4.85. The van der Waals surface area contributed by atoms with Crippen molar-refractivity contribution in [3.63, 3.8) is 0 Å². The molecule has 0 unspecified atom stereocenters. The maximum absolute atomic E-state index is 12.4. The smallest absolute Gasteiger partial charge is 0.410 e. The van der Waals surface area contributed by atoms with E-state index >= 15 is 0 Å². The Morgan fingerprint density at radius 1 is 1.17 bits per heavy atom. The maximum atomic E-state index is 12.4. The Labute approximate surface area is 139 Å². The number of rotatable bonds is 2. The topological polar surface area (TPSA) is 51.2 Å². The summed E-state index contributed by atoms with van der Waals surface area (Å²) in [6.45, 7) is 10.9. The Morgan fingerprint density at radius 3 is 2.43 bits per heavy atom. The SMILES string of the molecule is CC(C)(C)OC(=O)N1CCC[C@@H]1CN1CCC2(CC1)OCCO2. The summed E-state index contributed by atoms with van der Waals surface area (Å²) >= 11 is 0. The lowest BCUT2D eigenvalue weighted by atomic mass is 10.0. The summed E-state index contributed by atoms with van der Waals surface area (Å²) in [6.07, 6.45) is 3.80. The van der Waals surface area contributed by atoms with E-state index < -0.39 is 5.60 Å². The van der Waals surface area contributed by atoms with Crippen molar-refractivity contribution in [3.05, 3.63) is 0 Å². The summed E-state index contributed by atoms with van der Waals surface area (Å²) in [5.74, 6) is -0.322. The van der Waals surface area contributed by atoms with E-state index in [1.165, 1.54) is 0 Å². The molecule has 6 nitrogen and oxygen atoms in total. The van der Waals surface area contributed by atoms with Gasteiger partial charge < -0.3 is 24.0 Å². The van der Waals surface area contributed by atoms with Crippen LogP contribution in [-0.2, 0) is 14.2 Å². The second-order valence-electron chi connectivity index (χ2n) is 7.88. The molecular weight excluding hydrogens is 296 g/mol. The van der Waals surface area contributed by atoms with Crippen molar-refractivity contribution in [3.8, 4) is 0 Å². The molecule has 3 aliphatic rings. The average Bonchev–Trinajstić information content (AvgIpc) is 3.09. The highest BCUT2D eigenvalue weighted by atomic mass is 16.7. The highest BCUT2D eigenvalue weighted by Gasteiger charge is 2.41. The quantitative estimate of drug-likeness (QED) is 0.779. The van der Waals surface area contributed by atoms with Crippen LogP contribution in [-0.4, -0.2) is 72.7 Å². The molecule has 0 aliphatic carbocycles. The first kappa shape index (κ1) is 17.0. The van der Waals surface area contributed by atoms with Gasteiger partial charge in [0, 0.05) is 45.1 Å². The molecule has 3 saturated heterocycles. The van der Waals surface area contributed by atoms with Gasteiger partial charge in [-0.3, -0.25) is 0 Å². The van der Waals surface area contributed by atoms with Crippen LogP contribution in [0.2, 0.25) is 0 Å². The van der Waals surface area contributed by atoms with Crippen molar-refractivity contribution in [1.82, 2.24) is 9.80 Å². The normalized spacial score (nSPS) is 28.5. The predicted molar refractivity (Wildman–Crippen MR) is 86.3 cm³/mol. The first-order valence-corrected chi connectivity index (χ1v) is 8.87. The van der Waals surface area contributed by atoms with Crippen molar-refractivity contribution < 1.29 is 19.0 Å². The lowest BCUT2D eigenvalue weighted by Gasteiger charge is -2.39. The molecule has 0 aromatic heterocycles. The van der Waals surface area contributed by atoms with Gasteiger partial charge in [0.25, 0.3) is 0 Å². The predicted octanol–water partition coefficient (Wildman–Crippen LogP) is 2.22. The van der Waals surface area contributed by atoms with Crippen molar-refractivity contribution in [2.45, 2.75) is 63.9 Å². The van der Waals surface area contributed by atoms with Gasteiger partial charge in [-0.1, -0.05) is 0 Å². The lowest BCUT2D eigenvalue weighted by molar-refractivity contribution is -0.185. The zero-order valence-electron chi connectivity index (χ0n) is 14.7. The number of carbonyl (C=O) groups excluding carboxylic acids is 1. The zero-order valence-corrected chi connectivity index (χ0v) is 14.7. The summed E-state index contributed by atoms with van der Waals surface area (Å²) < 4.78 is 17.1. The van der Waals surface area contributed by atoms with E-state index in [1.807, 2.05) is 25.7 Å². The van der Waals surface area contributed by atoms with Gasteiger partial charge in [0.1, 0.15) is 5.60 Å². The van der Waals surface area contributed by atoms with E-state index in [9.17, 15) is 4.79 Å². The minimum absolute atomic E-state index is 0.170. The van der Waals surface area contributed by atoms with Gasteiger partial charge in [0.05, 0.1) is 13.2 Å². The van der Waals surface area contributed by atoms with Crippen LogP contribution >= 0.6 is 0 Å². The molecule has 132 valence electrons. The van der Waals surface area contributed by atoms with Crippen LogP contribution in [0.25, 0.3) is 0 Å². The molecule has 1 atom stereocenters. The standard InChI is InChI=1S/C17H30N2O4/c1-16(2,3)23-15(20)19-8-4-5-14(19)13-18-9-6-17(7-10-18)21-11-12-22-17/h14H,4-13H2,1-3H3/t14-/m1/s1. The number of carbonyl (C=O) groups is 1. The number of hydrogen-bond acceptors (Lipinski definition) is 5. The van der Waals surface area contributed by atoms with Gasteiger partial charge in [-0.25, -0.2) is 4.79 Å². The van der Waals surface area contributed by atoms with Crippen LogP contribution < -0.4 is 0 Å². The Hall–Kier alpha value is -0.850. The fraction of sp³-hybridized carbons (Fsp3) is 0.941. The maximum Gasteiger partial charge on any atom is 0.410 e. The fourth-order valence-electron chi connectivity index (χ4n) is 3.75. The number of likely N-dealkylation sites (tertiary alicyclic amines) is 2. The van der Waals surface area contributed by atoms with Gasteiger partial charge in [-0.15, -0.1) is 0 Å². The molecule has 6 heteroatoms. The van der Waals surface area contributed by atoms with Crippen molar-refractivity contribution in [2.24, 2.45) is 0 Å². The van der Waals surface area contributed by atoms with Gasteiger partial charge in [-0.2, -0.15) is 0 Å². The number of amides is 1. The first-order valence-electron chi connectivity index (χ1n) is 8.87. The molecular formula is C17H30N2O4. The summed E-state index contributed by atoms with van der Waals surface area (Å²) in [6, 6.07) is 0.268. The first-order chi connectivity index (χ1) is 10.9.